The zero-order chi connectivity index (χ0) is 37.7. The number of carbonyl (C=O) groups excluding carboxylic acids is 1. The molecule has 2 rings (SSSR count). The first kappa shape index (κ1) is 46.0. The molecule has 2 N–H and O–H groups in total. The third-order valence-corrected chi connectivity index (χ3v) is 12.3. The van der Waals surface area contributed by atoms with Crippen molar-refractivity contribution in [1.29, 1.82) is 0 Å². The molecule has 48 heavy (non-hydrogen) atoms. The van der Waals surface area contributed by atoms with Crippen molar-refractivity contribution in [3.8, 4) is 0 Å². The summed E-state index contributed by atoms with van der Waals surface area (Å²) in [5.41, 5.74) is -1.66. The Morgan fingerprint density at radius 1 is 0.833 bits per heavy atom. The topological polar surface area (TPSA) is 122 Å². The summed E-state index contributed by atoms with van der Waals surface area (Å²) in [6, 6.07) is 6.54. The van der Waals surface area contributed by atoms with Crippen LogP contribution in [0.15, 0.2) is 33.5 Å². The maximum Gasteiger partial charge on any atom is 0.413 e. The van der Waals surface area contributed by atoms with E-state index in [1.165, 1.54) is 13.0 Å². The van der Waals surface area contributed by atoms with Crippen LogP contribution in [-0.4, -0.2) is 55.5 Å². The first-order valence-electron chi connectivity index (χ1n) is 14.7. The van der Waals surface area contributed by atoms with Crippen LogP contribution in [0, 0.1) is 0 Å². The lowest BCUT2D eigenvalue weighted by molar-refractivity contribution is -0.203. The quantitative estimate of drug-likeness (QED) is 0.0936. The van der Waals surface area contributed by atoms with Crippen molar-refractivity contribution in [1.82, 2.24) is 19.4 Å². The second-order valence-electron chi connectivity index (χ2n) is 14.4. The summed E-state index contributed by atoms with van der Waals surface area (Å²) in [5, 5.41) is 0.606. The van der Waals surface area contributed by atoms with Gasteiger partial charge >= 0.3 is 6.18 Å². The molecule has 0 spiro atoms. The highest BCUT2D eigenvalue weighted by atomic mass is 79.9. The van der Waals surface area contributed by atoms with Gasteiger partial charge in [0.15, 0.2) is 8.32 Å². The number of rotatable bonds is 12. The van der Waals surface area contributed by atoms with Crippen LogP contribution in [0.5, 0.6) is 0 Å². The molecule has 5 atom stereocenters. The van der Waals surface area contributed by atoms with Gasteiger partial charge in [0, 0.05) is 35.6 Å². The number of carbonyl (C=O) groups is 1. The first-order chi connectivity index (χ1) is 21.4. The van der Waals surface area contributed by atoms with Crippen molar-refractivity contribution in [2.24, 2.45) is 0 Å². The summed E-state index contributed by atoms with van der Waals surface area (Å²) in [4.78, 5) is 19.6. The number of halogens is 7. The van der Waals surface area contributed by atoms with E-state index in [0.717, 1.165) is 6.29 Å². The fourth-order valence-corrected chi connectivity index (χ4v) is 8.00. The van der Waals surface area contributed by atoms with Crippen molar-refractivity contribution in [3.05, 3.63) is 54.9 Å². The Hall–Kier alpha value is 0.0169. The van der Waals surface area contributed by atoms with Crippen LogP contribution in [-0.2, 0) is 43.0 Å². The molecular weight excluding hydrogens is 860 g/mol. The molecule has 0 radical (unpaired) electrons. The van der Waals surface area contributed by atoms with Crippen molar-refractivity contribution in [3.63, 3.8) is 0 Å². The molecule has 274 valence electrons. The van der Waals surface area contributed by atoms with Gasteiger partial charge in [-0.15, -0.1) is 9.44 Å². The van der Waals surface area contributed by atoms with Gasteiger partial charge in [-0.05, 0) is 131 Å². The molecular formula is C30H45Br2Cl2F3N4O4S2Si. The highest BCUT2D eigenvalue weighted by Crippen LogP contribution is 2.39. The molecule has 18 heteroatoms. The van der Waals surface area contributed by atoms with E-state index in [4.69, 9.17) is 27.6 Å². The SMILES string of the molecule is CC(C)(C)[S@@+]([O-])N[C@@](C)(CC=O)c1nc(Br)ccc1Cl.CC(C)(C)[S@@+]([O-])N[C@@](C)(C[C@H](O[Si](C)(C)C)C(F)(F)F)c1nc(Br)ccc1Cl. The van der Waals surface area contributed by atoms with E-state index in [1.807, 2.05) is 20.8 Å². The van der Waals surface area contributed by atoms with Crippen LogP contribution in [0.25, 0.3) is 0 Å². The van der Waals surface area contributed by atoms with Crippen LogP contribution in [0.4, 0.5) is 13.2 Å². The number of nitrogens with one attached hydrogen (secondary N) is 2. The van der Waals surface area contributed by atoms with Gasteiger partial charge < -0.3 is 18.3 Å². The van der Waals surface area contributed by atoms with E-state index in [-0.39, 0.29) is 17.1 Å². The monoisotopic (exact) mass is 902 g/mol. The highest BCUT2D eigenvalue weighted by Gasteiger charge is 2.50. The largest absolute Gasteiger partial charge is 0.598 e. The fraction of sp³-hybridized carbons (Fsp3) is 0.633. The minimum atomic E-state index is -4.59. The predicted molar refractivity (Wildman–Crippen MR) is 200 cm³/mol. The molecule has 0 aliphatic rings. The van der Waals surface area contributed by atoms with Gasteiger partial charge in [-0.25, -0.2) is 9.97 Å². The maximum absolute atomic E-state index is 13.8. The molecule has 0 saturated heterocycles. The van der Waals surface area contributed by atoms with Crippen molar-refractivity contribution < 1.29 is 31.5 Å². The smallest absolute Gasteiger partial charge is 0.413 e. The summed E-state index contributed by atoms with van der Waals surface area (Å²) in [5.74, 6) is 0. The van der Waals surface area contributed by atoms with Gasteiger partial charge in [0.25, 0.3) is 0 Å². The number of aromatic nitrogens is 2. The van der Waals surface area contributed by atoms with Gasteiger partial charge in [-0.1, -0.05) is 23.2 Å². The minimum Gasteiger partial charge on any atom is -0.598 e. The van der Waals surface area contributed by atoms with E-state index in [2.05, 4.69) is 51.3 Å². The van der Waals surface area contributed by atoms with Crippen LogP contribution in [0.2, 0.25) is 29.7 Å². The van der Waals surface area contributed by atoms with E-state index < -0.39 is 70.3 Å². The molecule has 2 heterocycles. The second-order valence-corrected chi connectivity index (χ2v) is 25.2. The molecule has 0 amide bonds. The molecule has 0 aliphatic carbocycles. The third kappa shape index (κ3) is 14.6. The summed E-state index contributed by atoms with van der Waals surface area (Å²) < 4.78 is 77.6. The predicted octanol–water partition coefficient (Wildman–Crippen LogP) is 9.29. The van der Waals surface area contributed by atoms with Crippen molar-refractivity contribution in [2.45, 2.75) is 121 Å². The summed E-state index contributed by atoms with van der Waals surface area (Å²) in [6.45, 7) is 19.1. The van der Waals surface area contributed by atoms with Crippen LogP contribution >= 0.6 is 55.1 Å². The lowest BCUT2D eigenvalue weighted by Crippen LogP contribution is -2.54. The Labute approximate surface area is 316 Å². The normalized spacial score (nSPS) is 17.3. The Balaban J connectivity index is 0.000000507. The Kier molecular flexibility index (Phi) is 17.0. The Morgan fingerprint density at radius 3 is 1.54 bits per heavy atom. The standard InChI is InChI=1S/C17H27BrClF3N2O2SSi.C13H18BrClN2O2S/c1-15(2,3)27(25)24-16(4,14-11(19)8-9-13(18)23-14)10-12(17(20,21)22)26-28(5,6)7;1-12(2,3)20(19)17-13(4,7-8-18)11-9(15)5-6-10(14)16-11/h8-9,12,24H,10H2,1-7H3;5-6,8,17H,7H2,1-4H3/t12-,16-,27+;13-,20+/m00/s1. The van der Waals surface area contributed by atoms with Crippen molar-refractivity contribution in [2.75, 3.05) is 0 Å². The molecule has 0 aliphatic heterocycles. The molecule has 8 nitrogen and oxygen atoms in total. The van der Waals surface area contributed by atoms with Crippen LogP contribution in [0.1, 0.15) is 79.6 Å². The lowest BCUT2D eigenvalue weighted by atomic mass is 9.91. The molecule has 0 saturated carbocycles. The lowest BCUT2D eigenvalue weighted by Gasteiger charge is -2.38. The number of aldehydes is 1. The number of pyridine rings is 2. The number of nitrogens with zero attached hydrogens (tertiary/aromatic N) is 2. The van der Waals surface area contributed by atoms with Crippen molar-refractivity contribution >= 4 is 92.4 Å². The first-order valence-corrected chi connectivity index (χ1v) is 22.7. The fourth-order valence-electron chi connectivity index (χ4n) is 3.89. The van der Waals surface area contributed by atoms with E-state index >= 15 is 0 Å². The summed E-state index contributed by atoms with van der Waals surface area (Å²) in [7, 11) is -2.52. The summed E-state index contributed by atoms with van der Waals surface area (Å²) >= 11 is 16.0. The Morgan fingerprint density at radius 2 is 1.21 bits per heavy atom. The maximum atomic E-state index is 13.8. The average molecular weight is 906 g/mol. The third-order valence-electron chi connectivity index (χ3n) is 6.36. The van der Waals surface area contributed by atoms with Gasteiger partial charge in [0.05, 0.1) is 21.4 Å². The molecule has 0 unspecified atom stereocenters. The van der Waals surface area contributed by atoms with Gasteiger partial charge in [-0.3, -0.25) is 0 Å². The zero-order valence-electron chi connectivity index (χ0n) is 28.9. The van der Waals surface area contributed by atoms with Crippen LogP contribution in [0.3, 0.4) is 0 Å². The number of hydrogen-bond acceptors (Lipinski definition) is 8. The molecule has 2 aromatic heterocycles. The summed E-state index contributed by atoms with van der Waals surface area (Å²) in [6.07, 6.45) is -6.27. The average Bonchev–Trinajstić information content (AvgIpc) is 2.89. The van der Waals surface area contributed by atoms with E-state index in [0.29, 0.717) is 19.9 Å². The molecule has 0 fully saturated rings. The van der Waals surface area contributed by atoms with Gasteiger partial charge in [0.1, 0.15) is 42.2 Å². The van der Waals surface area contributed by atoms with Gasteiger partial charge in [-0.2, -0.15) is 13.2 Å². The number of hydrogen-bond donors (Lipinski definition) is 2. The minimum absolute atomic E-state index is 0.123. The van der Waals surface area contributed by atoms with E-state index in [1.54, 1.807) is 65.5 Å². The van der Waals surface area contributed by atoms with E-state index in [9.17, 15) is 27.1 Å². The molecule has 0 bridgehead atoms. The number of alkyl halides is 3. The van der Waals surface area contributed by atoms with Crippen LogP contribution < -0.4 is 9.44 Å². The Bertz CT molecular complexity index is 1390. The zero-order valence-corrected chi connectivity index (χ0v) is 36.2. The molecule has 2 aromatic rings. The highest BCUT2D eigenvalue weighted by molar-refractivity contribution is 9.10. The second kappa shape index (κ2) is 17.7. The molecule has 0 aromatic carbocycles. The van der Waals surface area contributed by atoms with Gasteiger partial charge in [0.2, 0.25) is 0 Å².